The van der Waals surface area contributed by atoms with E-state index in [1.807, 2.05) is 35.1 Å². The van der Waals surface area contributed by atoms with E-state index >= 15 is 0 Å². The first-order valence-corrected chi connectivity index (χ1v) is 6.56. The van der Waals surface area contributed by atoms with E-state index in [-0.39, 0.29) is 0 Å². The van der Waals surface area contributed by atoms with Gasteiger partial charge in [0.05, 0.1) is 6.54 Å². The Kier molecular flexibility index (Phi) is 2.93. The molecule has 0 amide bonds. The van der Waals surface area contributed by atoms with E-state index in [1.165, 1.54) is 0 Å². The third kappa shape index (κ3) is 2.33. The van der Waals surface area contributed by atoms with Crippen molar-refractivity contribution in [1.29, 1.82) is 0 Å². The molecule has 0 atom stereocenters. The van der Waals surface area contributed by atoms with Gasteiger partial charge in [-0.05, 0) is 24.3 Å². The highest BCUT2D eigenvalue weighted by Crippen LogP contribution is 2.24. The van der Waals surface area contributed by atoms with E-state index in [0.717, 1.165) is 23.4 Å². The van der Waals surface area contributed by atoms with Crippen molar-refractivity contribution in [3.05, 3.63) is 36.7 Å². The number of benzene rings is 1. The normalized spacial score (nSPS) is 11.1. The number of nitrogen functional groups attached to an aromatic ring is 1. The highest BCUT2D eigenvalue weighted by molar-refractivity contribution is 7.99. The second-order valence-electron chi connectivity index (χ2n) is 3.82. The molecule has 0 radical (unpaired) electrons. The largest absolute Gasteiger partial charge is 0.431 e. The van der Waals surface area contributed by atoms with Crippen molar-refractivity contribution < 1.29 is 4.42 Å². The topological polar surface area (TPSA) is 69.9 Å². The predicted molar refractivity (Wildman–Crippen MR) is 71.4 cm³/mol. The minimum absolute atomic E-state index is 0.669. The Morgan fingerprint density at radius 2 is 2.33 bits per heavy atom. The molecular formula is C12H12N4OS. The highest BCUT2D eigenvalue weighted by Gasteiger charge is 2.06. The Labute approximate surface area is 108 Å². The van der Waals surface area contributed by atoms with Gasteiger partial charge in [-0.25, -0.2) is 4.98 Å². The zero-order valence-corrected chi connectivity index (χ0v) is 10.4. The van der Waals surface area contributed by atoms with Crippen LogP contribution in [-0.2, 0) is 6.54 Å². The molecule has 6 heteroatoms. The lowest BCUT2D eigenvalue weighted by molar-refractivity contribution is 0.489. The summed E-state index contributed by atoms with van der Waals surface area (Å²) in [6, 6.07) is 7.38. The fourth-order valence-corrected chi connectivity index (χ4v) is 2.41. The first-order valence-electron chi connectivity index (χ1n) is 5.57. The molecule has 0 bridgehead atoms. The number of rotatable bonds is 4. The maximum absolute atomic E-state index is 5.70. The standard InChI is InChI=1S/C12H12N4OS/c13-9-2-3-11-10(8-9)15-12(17-11)18-7-6-16-5-1-4-14-16/h1-5,8H,6-7,13H2. The van der Waals surface area contributed by atoms with Gasteiger partial charge < -0.3 is 10.2 Å². The molecule has 0 fully saturated rings. The summed E-state index contributed by atoms with van der Waals surface area (Å²) in [5, 5.41) is 4.81. The quantitative estimate of drug-likeness (QED) is 0.576. The van der Waals surface area contributed by atoms with Gasteiger partial charge in [0.2, 0.25) is 0 Å². The number of fused-ring (bicyclic) bond motifs is 1. The Bertz CT molecular complexity index is 647. The molecule has 0 aliphatic rings. The third-order valence-electron chi connectivity index (χ3n) is 2.50. The number of thioether (sulfide) groups is 1. The fourth-order valence-electron chi connectivity index (χ4n) is 1.64. The molecule has 0 aliphatic carbocycles. The second kappa shape index (κ2) is 4.73. The first-order chi connectivity index (χ1) is 8.81. The van der Waals surface area contributed by atoms with Crippen LogP contribution in [0.2, 0.25) is 0 Å². The number of aromatic nitrogens is 3. The number of oxazole rings is 1. The summed E-state index contributed by atoms with van der Waals surface area (Å²) in [4.78, 5) is 4.38. The Hall–Kier alpha value is -1.95. The summed E-state index contributed by atoms with van der Waals surface area (Å²) in [5.74, 6) is 0.865. The molecule has 3 aromatic rings. The summed E-state index contributed by atoms with van der Waals surface area (Å²) in [6.45, 7) is 0.832. The van der Waals surface area contributed by atoms with Crippen LogP contribution < -0.4 is 5.73 Å². The lowest BCUT2D eigenvalue weighted by Crippen LogP contribution is -2.00. The summed E-state index contributed by atoms with van der Waals surface area (Å²) in [7, 11) is 0. The number of hydrogen-bond donors (Lipinski definition) is 1. The van der Waals surface area contributed by atoms with E-state index in [4.69, 9.17) is 10.2 Å². The van der Waals surface area contributed by atoms with Gasteiger partial charge in [0.25, 0.3) is 5.22 Å². The number of nitrogens with two attached hydrogens (primary N) is 1. The minimum Gasteiger partial charge on any atom is -0.431 e. The number of anilines is 1. The molecule has 5 nitrogen and oxygen atoms in total. The van der Waals surface area contributed by atoms with E-state index in [2.05, 4.69) is 10.1 Å². The van der Waals surface area contributed by atoms with Crippen molar-refractivity contribution >= 4 is 28.5 Å². The van der Waals surface area contributed by atoms with E-state index in [1.54, 1.807) is 18.0 Å². The molecule has 2 N–H and O–H groups in total. The van der Waals surface area contributed by atoms with Crippen LogP contribution in [-0.4, -0.2) is 20.5 Å². The Morgan fingerprint density at radius 1 is 1.39 bits per heavy atom. The van der Waals surface area contributed by atoms with Crippen LogP contribution in [0, 0.1) is 0 Å². The van der Waals surface area contributed by atoms with Crippen molar-refractivity contribution in [2.24, 2.45) is 0 Å². The molecule has 0 spiro atoms. The van der Waals surface area contributed by atoms with Gasteiger partial charge in [-0.2, -0.15) is 5.10 Å². The maximum atomic E-state index is 5.70. The second-order valence-corrected chi connectivity index (χ2v) is 4.87. The molecule has 92 valence electrons. The van der Waals surface area contributed by atoms with Crippen molar-refractivity contribution in [1.82, 2.24) is 14.8 Å². The van der Waals surface area contributed by atoms with Gasteiger partial charge in [-0.15, -0.1) is 0 Å². The minimum atomic E-state index is 0.669. The zero-order chi connectivity index (χ0) is 12.4. The molecule has 0 saturated carbocycles. The van der Waals surface area contributed by atoms with Gasteiger partial charge in [-0.3, -0.25) is 4.68 Å². The van der Waals surface area contributed by atoms with Crippen LogP contribution in [0.4, 0.5) is 5.69 Å². The van der Waals surface area contributed by atoms with Gasteiger partial charge in [0.1, 0.15) is 5.52 Å². The highest BCUT2D eigenvalue weighted by atomic mass is 32.2. The van der Waals surface area contributed by atoms with Crippen LogP contribution >= 0.6 is 11.8 Å². The van der Waals surface area contributed by atoms with Crippen LogP contribution in [0.3, 0.4) is 0 Å². The zero-order valence-electron chi connectivity index (χ0n) is 9.61. The lowest BCUT2D eigenvalue weighted by atomic mass is 10.3. The van der Waals surface area contributed by atoms with E-state index < -0.39 is 0 Å². The molecule has 3 rings (SSSR count). The molecule has 0 aliphatic heterocycles. The van der Waals surface area contributed by atoms with Crippen molar-refractivity contribution in [2.75, 3.05) is 11.5 Å². The summed E-state index contributed by atoms with van der Waals surface area (Å²) in [6.07, 6.45) is 3.71. The fraction of sp³-hybridized carbons (Fsp3) is 0.167. The average molecular weight is 260 g/mol. The summed E-state index contributed by atoms with van der Waals surface area (Å²) < 4.78 is 7.49. The van der Waals surface area contributed by atoms with Crippen LogP contribution in [0.15, 0.2) is 46.3 Å². The lowest BCUT2D eigenvalue weighted by Gasteiger charge is -1.97. The van der Waals surface area contributed by atoms with Crippen molar-refractivity contribution in [2.45, 2.75) is 11.8 Å². The monoisotopic (exact) mass is 260 g/mol. The predicted octanol–water partition coefficient (Wildman–Crippen LogP) is 2.40. The number of aryl methyl sites for hydroxylation is 1. The smallest absolute Gasteiger partial charge is 0.256 e. The van der Waals surface area contributed by atoms with Gasteiger partial charge >= 0.3 is 0 Å². The van der Waals surface area contributed by atoms with Crippen LogP contribution in [0.25, 0.3) is 11.1 Å². The van der Waals surface area contributed by atoms with Gasteiger partial charge in [0, 0.05) is 23.8 Å². The van der Waals surface area contributed by atoms with Crippen molar-refractivity contribution in [3.63, 3.8) is 0 Å². The molecule has 0 unspecified atom stereocenters. The molecule has 18 heavy (non-hydrogen) atoms. The van der Waals surface area contributed by atoms with E-state index in [0.29, 0.717) is 10.9 Å². The van der Waals surface area contributed by atoms with Gasteiger partial charge in [-0.1, -0.05) is 11.8 Å². The maximum Gasteiger partial charge on any atom is 0.256 e. The van der Waals surface area contributed by atoms with E-state index in [9.17, 15) is 0 Å². The van der Waals surface area contributed by atoms with Crippen LogP contribution in [0.1, 0.15) is 0 Å². The molecule has 0 saturated heterocycles. The van der Waals surface area contributed by atoms with Crippen LogP contribution in [0.5, 0.6) is 0 Å². The molecule has 2 heterocycles. The Morgan fingerprint density at radius 3 is 3.17 bits per heavy atom. The molecule has 2 aromatic heterocycles. The first kappa shape index (κ1) is 11.2. The van der Waals surface area contributed by atoms with Gasteiger partial charge in [0.15, 0.2) is 5.58 Å². The molecular weight excluding hydrogens is 248 g/mol. The number of nitrogens with zero attached hydrogens (tertiary/aromatic N) is 3. The third-order valence-corrected chi connectivity index (χ3v) is 3.31. The summed E-state index contributed by atoms with van der Waals surface area (Å²) in [5.41, 5.74) is 7.97. The SMILES string of the molecule is Nc1ccc2oc(SCCn3cccn3)nc2c1. The Balaban J connectivity index is 1.67. The average Bonchev–Trinajstić information content (AvgIpc) is 2.97. The number of hydrogen-bond acceptors (Lipinski definition) is 5. The summed E-state index contributed by atoms with van der Waals surface area (Å²) >= 11 is 1.57. The molecule has 1 aromatic carbocycles. The van der Waals surface area contributed by atoms with Crippen molar-refractivity contribution in [3.8, 4) is 0 Å².